The smallest absolute Gasteiger partial charge is 0.273 e. The molecule has 0 saturated heterocycles. The zero-order chi connectivity index (χ0) is 14.8. The summed E-state index contributed by atoms with van der Waals surface area (Å²) < 4.78 is 19.0. The van der Waals surface area contributed by atoms with E-state index in [1.165, 1.54) is 19.3 Å². The first-order chi connectivity index (χ1) is 9.54. The lowest BCUT2D eigenvalue weighted by Crippen LogP contribution is -2.21. The monoisotopic (exact) mass is 280 g/mol. The minimum atomic E-state index is -0.972. The Labute approximate surface area is 114 Å². The fourth-order valence-corrected chi connectivity index (χ4v) is 2.73. The molecule has 1 fully saturated rings. The van der Waals surface area contributed by atoms with E-state index in [1.54, 1.807) is 0 Å². The van der Waals surface area contributed by atoms with Crippen molar-refractivity contribution in [2.75, 3.05) is 7.11 Å². The first kappa shape index (κ1) is 14.1. The van der Waals surface area contributed by atoms with E-state index in [0.717, 1.165) is 18.9 Å². The largest absolute Gasteiger partial charge is 0.493 e. The summed E-state index contributed by atoms with van der Waals surface area (Å²) in [5.41, 5.74) is -1.11. The zero-order valence-electron chi connectivity index (χ0n) is 10.9. The summed E-state index contributed by atoms with van der Waals surface area (Å²) >= 11 is 0. The average Bonchev–Trinajstić information content (AvgIpc) is 2.87. The van der Waals surface area contributed by atoms with Gasteiger partial charge in [-0.3, -0.25) is 10.1 Å². The summed E-state index contributed by atoms with van der Waals surface area (Å²) in [6.45, 7) is 0. The minimum Gasteiger partial charge on any atom is -0.493 e. The van der Waals surface area contributed by atoms with Crippen LogP contribution in [0.3, 0.4) is 0 Å². The van der Waals surface area contributed by atoms with Crippen molar-refractivity contribution >= 4 is 11.8 Å². The van der Waals surface area contributed by atoms with Crippen LogP contribution in [0.2, 0.25) is 0 Å². The lowest BCUT2D eigenvalue weighted by atomic mass is 9.87. The van der Waals surface area contributed by atoms with Gasteiger partial charge in [-0.05, 0) is 12.8 Å². The van der Waals surface area contributed by atoms with Crippen molar-refractivity contribution in [2.45, 2.75) is 31.2 Å². The second-order valence-electron chi connectivity index (χ2n) is 4.71. The van der Waals surface area contributed by atoms with Crippen LogP contribution in [-0.2, 0) is 10.3 Å². The summed E-state index contributed by atoms with van der Waals surface area (Å²) in [5.74, 6) is -0.930. The third-order valence-electron chi connectivity index (χ3n) is 3.64. The Hall–Kier alpha value is -2.27. The van der Waals surface area contributed by atoms with Gasteiger partial charge in [-0.25, -0.2) is 9.18 Å². The molecule has 0 aliphatic heterocycles. The molecule has 1 aromatic rings. The number of halogens is 1. The van der Waals surface area contributed by atoms with Gasteiger partial charge in [0.1, 0.15) is 5.54 Å². The molecular formula is C13H13FN2O4. The van der Waals surface area contributed by atoms with E-state index >= 15 is 0 Å². The fraction of sp³-hybridized carbons (Fsp3) is 0.462. The van der Waals surface area contributed by atoms with E-state index < -0.39 is 16.3 Å². The lowest BCUT2D eigenvalue weighted by Gasteiger charge is -2.24. The quantitative estimate of drug-likeness (QED) is 0.367. The molecular weight excluding hydrogens is 267 g/mol. The highest BCUT2D eigenvalue weighted by molar-refractivity contribution is 5.51. The van der Waals surface area contributed by atoms with E-state index in [9.17, 15) is 19.3 Å². The van der Waals surface area contributed by atoms with Crippen molar-refractivity contribution < 1.29 is 18.8 Å². The zero-order valence-corrected chi connectivity index (χ0v) is 10.9. The Morgan fingerprint density at radius 1 is 1.45 bits per heavy atom. The third kappa shape index (κ3) is 2.28. The van der Waals surface area contributed by atoms with Crippen molar-refractivity contribution in [3.63, 3.8) is 0 Å². The number of nitro groups is 1. The second kappa shape index (κ2) is 5.38. The van der Waals surface area contributed by atoms with Crippen molar-refractivity contribution in [3.05, 3.63) is 33.6 Å². The molecule has 0 unspecified atom stereocenters. The summed E-state index contributed by atoms with van der Waals surface area (Å²) in [5, 5.41) is 10.9. The molecule has 1 aliphatic rings. The van der Waals surface area contributed by atoms with E-state index in [4.69, 9.17) is 4.74 Å². The van der Waals surface area contributed by atoms with Crippen LogP contribution in [-0.4, -0.2) is 18.1 Å². The number of methoxy groups -OCH3 is 1. The highest BCUT2D eigenvalue weighted by Gasteiger charge is 2.40. The van der Waals surface area contributed by atoms with Crippen molar-refractivity contribution in [2.24, 2.45) is 4.99 Å². The number of carbonyl (C=O) groups excluding carboxylic acids is 1. The lowest BCUT2D eigenvalue weighted by molar-refractivity contribution is -0.385. The second-order valence-corrected chi connectivity index (χ2v) is 4.71. The number of rotatable bonds is 4. The van der Waals surface area contributed by atoms with Crippen molar-refractivity contribution in [3.8, 4) is 5.75 Å². The van der Waals surface area contributed by atoms with Crippen LogP contribution < -0.4 is 4.74 Å². The Kier molecular flexibility index (Phi) is 3.81. The number of ether oxygens (including phenoxy) is 1. The summed E-state index contributed by atoms with van der Waals surface area (Å²) in [4.78, 5) is 24.7. The number of nitro benzene ring substituents is 1. The summed E-state index contributed by atoms with van der Waals surface area (Å²) in [6.07, 6.45) is 4.13. The van der Waals surface area contributed by atoms with Gasteiger partial charge in [0.05, 0.1) is 18.1 Å². The first-order valence-corrected chi connectivity index (χ1v) is 6.15. The molecule has 0 bridgehead atoms. The number of aliphatic imine (C=N–C) groups is 1. The highest BCUT2D eigenvalue weighted by atomic mass is 19.1. The predicted molar refractivity (Wildman–Crippen MR) is 67.9 cm³/mol. The number of hydrogen-bond acceptors (Lipinski definition) is 5. The number of non-ortho nitro benzene ring substituents is 1. The van der Waals surface area contributed by atoms with Crippen molar-refractivity contribution in [1.82, 2.24) is 0 Å². The summed E-state index contributed by atoms with van der Waals surface area (Å²) in [6, 6.07) is 2.03. The van der Waals surface area contributed by atoms with Gasteiger partial charge in [-0.15, -0.1) is 0 Å². The van der Waals surface area contributed by atoms with Gasteiger partial charge in [0, 0.05) is 11.6 Å². The number of nitrogens with zero attached hydrogens (tertiary/aromatic N) is 2. The van der Waals surface area contributed by atoms with Crippen LogP contribution in [0, 0.1) is 15.9 Å². The molecule has 1 saturated carbocycles. The van der Waals surface area contributed by atoms with Gasteiger partial charge in [0.15, 0.2) is 11.6 Å². The predicted octanol–water partition coefficient (Wildman–Crippen LogP) is 2.85. The van der Waals surface area contributed by atoms with E-state index in [2.05, 4.69) is 4.99 Å². The van der Waals surface area contributed by atoms with Gasteiger partial charge < -0.3 is 4.74 Å². The molecule has 7 heteroatoms. The normalized spacial score (nSPS) is 16.5. The van der Waals surface area contributed by atoms with Crippen LogP contribution >= 0.6 is 0 Å². The highest BCUT2D eigenvalue weighted by Crippen LogP contribution is 2.47. The van der Waals surface area contributed by atoms with E-state index in [1.807, 2.05) is 0 Å². The average molecular weight is 280 g/mol. The maximum Gasteiger partial charge on any atom is 0.273 e. The number of isocyanates is 1. The Morgan fingerprint density at radius 3 is 2.60 bits per heavy atom. The molecule has 0 amide bonds. The van der Waals surface area contributed by atoms with E-state index in [0.29, 0.717) is 12.8 Å². The first-order valence-electron chi connectivity index (χ1n) is 6.15. The maximum absolute atomic E-state index is 14.0. The van der Waals surface area contributed by atoms with Gasteiger partial charge in [-0.2, -0.15) is 4.99 Å². The molecule has 106 valence electrons. The van der Waals surface area contributed by atoms with Gasteiger partial charge >= 0.3 is 0 Å². The van der Waals surface area contributed by atoms with Crippen LogP contribution in [0.25, 0.3) is 0 Å². The molecule has 0 heterocycles. The topological polar surface area (TPSA) is 81.8 Å². The van der Waals surface area contributed by atoms with Crippen LogP contribution in [0.5, 0.6) is 5.75 Å². The van der Waals surface area contributed by atoms with Gasteiger partial charge in [-0.1, -0.05) is 12.8 Å². The van der Waals surface area contributed by atoms with Gasteiger partial charge in [0.25, 0.3) is 5.69 Å². The Bertz CT molecular complexity index is 590. The van der Waals surface area contributed by atoms with Crippen molar-refractivity contribution in [1.29, 1.82) is 0 Å². The Morgan fingerprint density at radius 2 is 2.10 bits per heavy atom. The molecule has 6 nitrogen and oxygen atoms in total. The number of benzene rings is 1. The SMILES string of the molecule is COc1c(F)cc([N+](=O)[O-])cc1C1(N=C=O)CCCC1. The maximum atomic E-state index is 14.0. The molecule has 0 aromatic heterocycles. The third-order valence-corrected chi connectivity index (χ3v) is 3.64. The van der Waals surface area contributed by atoms with Crippen LogP contribution in [0.1, 0.15) is 31.2 Å². The molecule has 2 rings (SSSR count). The molecule has 0 radical (unpaired) electrons. The standard InChI is InChI=1S/C13H13FN2O4/c1-20-12-10(6-9(16(18)19)7-11(12)14)13(15-8-17)4-2-3-5-13/h6-7H,2-5H2,1H3. The molecule has 1 aromatic carbocycles. The minimum absolute atomic E-state index is 0.100. The summed E-state index contributed by atoms with van der Waals surface area (Å²) in [7, 11) is 1.28. The Balaban J connectivity index is 2.69. The number of hydrogen-bond donors (Lipinski definition) is 0. The van der Waals surface area contributed by atoms with Gasteiger partial charge in [0.2, 0.25) is 6.08 Å². The molecule has 1 aliphatic carbocycles. The van der Waals surface area contributed by atoms with E-state index in [-0.39, 0.29) is 17.0 Å². The molecule has 0 atom stereocenters. The molecule has 0 spiro atoms. The molecule has 20 heavy (non-hydrogen) atoms. The fourth-order valence-electron chi connectivity index (χ4n) is 2.73. The molecule has 0 N–H and O–H groups in total. The van der Waals surface area contributed by atoms with Crippen LogP contribution in [0.15, 0.2) is 17.1 Å². The van der Waals surface area contributed by atoms with Crippen LogP contribution in [0.4, 0.5) is 10.1 Å².